The van der Waals surface area contributed by atoms with E-state index < -0.39 is 5.97 Å². The van der Waals surface area contributed by atoms with E-state index in [0.29, 0.717) is 22.8 Å². The highest BCUT2D eigenvalue weighted by molar-refractivity contribution is 9.10. The fraction of sp³-hybridized carbons (Fsp3) is 0.136. The number of rotatable bonds is 6. The zero-order valence-electron chi connectivity index (χ0n) is 16.3. The number of fused-ring (bicyclic) bond motifs is 1. The predicted molar refractivity (Wildman–Crippen MR) is 115 cm³/mol. The van der Waals surface area contributed by atoms with Gasteiger partial charge in [0.25, 0.3) is 0 Å². The van der Waals surface area contributed by atoms with Gasteiger partial charge in [0, 0.05) is 23.8 Å². The van der Waals surface area contributed by atoms with Crippen LogP contribution in [0.4, 0.5) is 0 Å². The molecule has 0 atom stereocenters. The number of aryl methyl sites for hydroxylation is 1. The van der Waals surface area contributed by atoms with Gasteiger partial charge in [-0.1, -0.05) is 6.07 Å². The van der Waals surface area contributed by atoms with Gasteiger partial charge in [0.1, 0.15) is 29.7 Å². The maximum Gasteiger partial charge on any atom is 0.337 e. The molecular weight excluding hydrogens is 450 g/mol. The molecule has 2 heterocycles. The quantitative estimate of drug-likeness (QED) is 0.375. The van der Waals surface area contributed by atoms with Crippen molar-refractivity contribution in [1.29, 1.82) is 0 Å². The van der Waals surface area contributed by atoms with Crippen molar-refractivity contribution in [2.45, 2.75) is 6.61 Å². The van der Waals surface area contributed by atoms with Crippen LogP contribution >= 0.6 is 15.9 Å². The summed E-state index contributed by atoms with van der Waals surface area (Å²) in [5.41, 5.74) is 2.18. The number of carbonyl (C=O) groups excluding carboxylic acids is 1. The van der Waals surface area contributed by atoms with Crippen molar-refractivity contribution in [3.8, 4) is 17.2 Å². The minimum atomic E-state index is -0.406. The Morgan fingerprint density at radius 1 is 1.07 bits per heavy atom. The first kappa shape index (κ1) is 19.9. The average molecular weight is 468 g/mol. The van der Waals surface area contributed by atoms with E-state index in [1.54, 1.807) is 36.7 Å². The molecule has 0 aliphatic carbocycles. The number of nitrogens with zero attached hydrogens (tertiary/aromatic N) is 3. The Morgan fingerprint density at radius 2 is 1.93 bits per heavy atom. The third-order valence-corrected chi connectivity index (χ3v) is 4.92. The highest BCUT2D eigenvalue weighted by atomic mass is 79.9. The number of methoxy groups -OCH3 is 1. The molecule has 0 aliphatic rings. The minimum absolute atomic E-state index is 0.252. The molecule has 8 heteroatoms. The van der Waals surface area contributed by atoms with E-state index in [0.717, 1.165) is 21.3 Å². The fourth-order valence-electron chi connectivity index (χ4n) is 2.97. The van der Waals surface area contributed by atoms with Crippen LogP contribution in [0.25, 0.3) is 11.0 Å². The zero-order chi connectivity index (χ0) is 21.1. The largest absolute Gasteiger partial charge is 0.486 e. The summed E-state index contributed by atoms with van der Waals surface area (Å²) in [6.07, 6.45) is 3.35. The normalized spacial score (nSPS) is 10.8. The van der Waals surface area contributed by atoms with Gasteiger partial charge in [-0.2, -0.15) is 0 Å². The molecule has 2 aromatic heterocycles. The third kappa shape index (κ3) is 4.28. The average Bonchev–Trinajstić information content (AvgIpc) is 3.07. The number of pyridine rings is 1. The molecule has 4 aromatic rings. The van der Waals surface area contributed by atoms with Gasteiger partial charge in [0.05, 0.1) is 29.9 Å². The van der Waals surface area contributed by atoms with Gasteiger partial charge in [-0.3, -0.25) is 4.98 Å². The monoisotopic (exact) mass is 467 g/mol. The number of ether oxygens (including phenoxy) is 3. The van der Waals surface area contributed by atoms with Crippen LogP contribution in [0.2, 0.25) is 0 Å². The van der Waals surface area contributed by atoms with E-state index in [4.69, 9.17) is 14.2 Å². The Hall–Kier alpha value is -3.39. The molecule has 0 bridgehead atoms. The first-order valence-corrected chi connectivity index (χ1v) is 9.88. The number of benzene rings is 2. The van der Waals surface area contributed by atoms with Crippen LogP contribution in [0, 0.1) is 0 Å². The second-order valence-electron chi connectivity index (χ2n) is 6.49. The van der Waals surface area contributed by atoms with Crippen LogP contribution in [0.15, 0.2) is 65.4 Å². The molecular formula is C22H18BrN3O4. The molecule has 152 valence electrons. The zero-order valence-corrected chi connectivity index (χ0v) is 17.9. The summed E-state index contributed by atoms with van der Waals surface area (Å²) in [5, 5.41) is 0. The van der Waals surface area contributed by atoms with Crippen molar-refractivity contribution in [2.24, 2.45) is 7.05 Å². The van der Waals surface area contributed by atoms with Gasteiger partial charge in [-0.25, -0.2) is 9.78 Å². The molecule has 0 spiro atoms. The summed E-state index contributed by atoms with van der Waals surface area (Å²) in [5.74, 6) is 2.23. The molecule has 7 nitrogen and oxygen atoms in total. The lowest BCUT2D eigenvalue weighted by molar-refractivity contribution is 0.0600. The van der Waals surface area contributed by atoms with Gasteiger partial charge in [0.15, 0.2) is 0 Å². The Labute approximate surface area is 181 Å². The maximum atomic E-state index is 11.7. The first-order valence-electron chi connectivity index (χ1n) is 9.08. The molecule has 0 N–H and O–H groups in total. The summed E-state index contributed by atoms with van der Waals surface area (Å²) in [7, 11) is 3.27. The van der Waals surface area contributed by atoms with Crippen LogP contribution in [-0.4, -0.2) is 27.6 Å². The minimum Gasteiger partial charge on any atom is -0.486 e. The first-order chi connectivity index (χ1) is 14.5. The van der Waals surface area contributed by atoms with Gasteiger partial charge in [-0.15, -0.1) is 0 Å². The maximum absolute atomic E-state index is 11.7. The van der Waals surface area contributed by atoms with E-state index in [1.165, 1.54) is 7.11 Å². The molecule has 0 saturated carbocycles. The van der Waals surface area contributed by atoms with E-state index >= 15 is 0 Å². The summed E-state index contributed by atoms with van der Waals surface area (Å²) < 4.78 is 19.3. The predicted octanol–water partition coefficient (Wildman–Crippen LogP) is 4.89. The van der Waals surface area contributed by atoms with E-state index in [9.17, 15) is 4.79 Å². The number of esters is 1. The number of hydrogen-bond acceptors (Lipinski definition) is 6. The summed E-state index contributed by atoms with van der Waals surface area (Å²) >= 11 is 3.39. The van der Waals surface area contributed by atoms with E-state index in [-0.39, 0.29) is 6.61 Å². The molecule has 0 aliphatic heterocycles. The van der Waals surface area contributed by atoms with Crippen molar-refractivity contribution < 1.29 is 19.0 Å². The number of imidazole rings is 1. The van der Waals surface area contributed by atoms with Crippen LogP contribution in [-0.2, 0) is 18.4 Å². The molecule has 0 fully saturated rings. The van der Waals surface area contributed by atoms with Crippen molar-refractivity contribution in [3.63, 3.8) is 0 Å². The second-order valence-corrected chi connectivity index (χ2v) is 7.40. The smallest absolute Gasteiger partial charge is 0.337 e. The molecule has 0 amide bonds. The molecule has 30 heavy (non-hydrogen) atoms. The van der Waals surface area contributed by atoms with Crippen LogP contribution in [0.5, 0.6) is 17.2 Å². The lowest BCUT2D eigenvalue weighted by Crippen LogP contribution is -2.05. The molecule has 4 rings (SSSR count). The molecule has 2 aromatic carbocycles. The number of carbonyl (C=O) groups is 1. The van der Waals surface area contributed by atoms with E-state index in [1.807, 2.05) is 35.9 Å². The molecule has 0 radical (unpaired) electrons. The van der Waals surface area contributed by atoms with Gasteiger partial charge in [0.2, 0.25) is 0 Å². The summed E-state index contributed by atoms with van der Waals surface area (Å²) in [4.78, 5) is 20.4. The summed E-state index contributed by atoms with van der Waals surface area (Å²) in [6.45, 7) is 0.252. The van der Waals surface area contributed by atoms with Gasteiger partial charge in [-0.05, 0) is 52.3 Å². The standard InChI is InChI=1S/C22H18BrN3O4/c1-26-20-10-17(30-18-9-15(23)11-24-12-18)6-7-19(20)25-21(26)13-29-16-5-3-4-14(8-16)22(27)28-2/h3-12H,13H2,1-2H3. The Kier molecular flexibility index (Phi) is 5.67. The highest BCUT2D eigenvalue weighted by Gasteiger charge is 2.11. The number of aromatic nitrogens is 3. The van der Waals surface area contributed by atoms with Crippen molar-refractivity contribution in [1.82, 2.24) is 14.5 Å². The van der Waals surface area contributed by atoms with Crippen molar-refractivity contribution >= 4 is 32.9 Å². The van der Waals surface area contributed by atoms with Crippen molar-refractivity contribution in [3.05, 3.63) is 76.8 Å². The SMILES string of the molecule is COC(=O)c1cccc(OCc2nc3ccc(Oc4cncc(Br)c4)cc3n2C)c1. The van der Waals surface area contributed by atoms with Crippen LogP contribution in [0.1, 0.15) is 16.2 Å². The number of hydrogen-bond donors (Lipinski definition) is 0. The third-order valence-electron chi connectivity index (χ3n) is 4.48. The lowest BCUT2D eigenvalue weighted by atomic mass is 10.2. The van der Waals surface area contributed by atoms with Crippen LogP contribution in [0.3, 0.4) is 0 Å². The second kappa shape index (κ2) is 8.54. The molecule has 0 saturated heterocycles. The summed E-state index contributed by atoms with van der Waals surface area (Å²) in [6, 6.07) is 14.4. The number of halogens is 1. The Morgan fingerprint density at radius 3 is 2.73 bits per heavy atom. The van der Waals surface area contributed by atoms with Gasteiger partial charge < -0.3 is 18.8 Å². The van der Waals surface area contributed by atoms with E-state index in [2.05, 4.69) is 25.9 Å². The fourth-order valence-corrected chi connectivity index (χ4v) is 3.32. The van der Waals surface area contributed by atoms with Crippen LogP contribution < -0.4 is 9.47 Å². The highest BCUT2D eigenvalue weighted by Crippen LogP contribution is 2.27. The Balaban J connectivity index is 1.53. The molecule has 0 unspecified atom stereocenters. The Bertz CT molecular complexity index is 1220. The lowest BCUT2D eigenvalue weighted by Gasteiger charge is -2.08. The topological polar surface area (TPSA) is 75.5 Å². The van der Waals surface area contributed by atoms with Gasteiger partial charge >= 0.3 is 5.97 Å². The van der Waals surface area contributed by atoms with Crippen molar-refractivity contribution in [2.75, 3.05) is 7.11 Å².